The quantitative estimate of drug-likeness (QED) is 0.601. The predicted octanol–water partition coefficient (Wildman–Crippen LogP) is 2.57. The number of para-hydroxylation sites is 2. The highest BCUT2D eigenvalue weighted by Gasteiger charge is 2.31. The predicted molar refractivity (Wildman–Crippen MR) is 122 cm³/mol. The molecule has 3 heterocycles. The lowest BCUT2D eigenvalue weighted by atomic mass is 10.1. The molecule has 0 radical (unpaired) electrons. The van der Waals surface area contributed by atoms with Crippen molar-refractivity contribution in [1.82, 2.24) is 9.88 Å². The Morgan fingerprint density at radius 1 is 1.21 bits per heavy atom. The van der Waals surface area contributed by atoms with E-state index in [1.807, 2.05) is 42.7 Å². The van der Waals surface area contributed by atoms with E-state index >= 15 is 0 Å². The third-order valence-electron chi connectivity index (χ3n) is 5.83. The number of likely N-dealkylation sites (N-methyl/N-ethyl adjacent to an activating group) is 1. The molecule has 0 aliphatic carbocycles. The van der Waals surface area contributed by atoms with E-state index in [-0.39, 0.29) is 24.9 Å². The number of amides is 2. The van der Waals surface area contributed by atoms with Gasteiger partial charge in [-0.05, 0) is 43.7 Å². The minimum Gasteiger partial charge on any atom is -0.477 e. The lowest BCUT2D eigenvalue weighted by Gasteiger charge is -2.35. The van der Waals surface area contributed by atoms with E-state index in [4.69, 9.17) is 9.15 Å². The largest absolute Gasteiger partial charge is 0.477 e. The molecule has 1 aromatic carbocycles. The Bertz CT molecular complexity index is 1220. The van der Waals surface area contributed by atoms with Crippen molar-refractivity contribution in [2.24, 2.45) is 0 Å². The zero-order valence-electron chi connectivity index (χ0n) is 18.7. The van der Waals surface area contributed by atoms with Crippen molar-refractivity contribution < 1.29 is 18.7 Å². The molecule has 2 amide bonds. The average Bonchev–Trinajstić information content (AvgIpc) is 3.41. The van der Waals surface area contributed by atoms with Crippen molar-refractivity contribution in [3.63, 3.8) is 0 Å². The van der Waals surface area contributed by atoms with Gasteiger partial charge in [-0.1, -0.05) is 12.1 Å². The first-order chi connectivity index (χ1) is 15.9. The van der Waals surface area contributed by atoms with Crippen LogP contribution >= 0.6 is 0 Å². The summed E-state index contributed by atoms with van der Waals surface area (Å²) in [5.41, 5.74) is 2.81. The smallest absolute Gasteiger partial charge is 0.262 e. The van der Waals surface area contributed by atoms with Crippen LogP contribution in [0.5, 0.6) is 5.75 Å². The van der Waals surface area contributed by atoms with Crippen LogP contribution in [0.25, 0.3) is 0 Å². The fourth-order valence-corrected chi connectivity index (χ4v) is 3.99. The summed E-state index contributed by atoms with van der Waals surface area (Å²) in [5.74, 6) is 1.11. The number of nitrogens with one attached hydrogen (secondary N) is 2. The van der Waals surface area contributed by atoms with Crippen molar-refractivity contribution in [3.05, 3.63) is 65.2 Å². The highest BCUT2D eigenvalue weighted by molar-refractivity contribution is 5.95. The minimum atomic E-state index is -0.736. The molecule has 0 fully saturated rings. The van der Waals surface area contributed by atoms with Crippen molar-refractivity contribution in [3.8, 4) is 11.8 Å². The maximum Gasteiger partial charge on any atom is 0.262 e. The van der Waals surface area contributed by atoms with E-state index in [9.17, 15) is 14.9 Å². The molecule has 2 aromatic heterocycles. The molecule has 3 aromatic rings. The normalized spacial score (nSPS) is 14.7. The summed E-state index contributed by atoms with van der Waals surface area (Å²) in [5, 5.41) is 15.3. The van der Waals surface area contributed by atoms with Crippen LogP contribution in [0.1, 0.15) is 22.6 Å². The summed E-state index contributed by atoms with van der Waals surface area (Å²) in [6.45, 7) is 4.36. The minimum absolute atomic E-state index is 0.0111. The number of benzene rings is 1. The molecule has 1 aliphatic rings. The average molecular weight is 447 g/mol. The summed E-state index contributed by atoms with van der Waals surface area (Å²) in [7, 11) is 1.55. The van der Waals surface area contributed by atoms with Gasteiger partial charge in [-0.2, -0.15) is 5.26 Å². The summed E-state index contributed by atoms with van der Waals surface area (Å²) in [6, 6.07) is 13.1. The molecule has 1 atom stereocenters. The first-order valence-corrected chi connectivity index (χ1v) is 10.6. The topological polar surface area (TPSA) is 113 Å². The number of furan rings is 1. The Morgan fingerprint density at radius 2 is 2.00 bits per heavy atom. The van der Waals surface area contributed by atoms with Gasteiger partial charge in [-0.15, -0.1) is 0 Å². The van der Waals surface area contributed by atoms with Gasteiger partial charge in [-0.3, -0.25) is 9.59 Å². The van der Waals surface area contributed by atoms with E-state index in [1.165, 1.54) is 0 Å². The van der Waals surface area contributed by atoms with E-state index in [2.05, 4.69) is 16.7 Å². The summed E-state index contributed by atoms with van der Waals surface area (Å²) in [6.07, 6.45) is 0.850. The van der Waals surface area contributed by atoms with Crippen LogP contribution in [-0.2, 0) is 16.1 Å². The number of hydrogen-bond acceptors (Lipinski definition) is 6. The number of nitrogens with zero attached hydrogens (tertiary/aromatic N) is 3. The summed E-state index contributed by atoms with van der Waals surface area (Å²) in [4.78, 5) is 27.2. The van der Waals surface area contributed by atoms with Crippen molar-refractivity contribution in [2.75, 3.05) is 30.4 Å². The SMILES string of the molecule is CNC(=O)[C@H]1CN(CC(=O)Nc2c(C#N)c(C)c(C)n2Cc2ccco2)c2ccccc2O1. The number of ether oxygens (including phenoxy) is 1. The molecular formula is C24H25N5O4. The molecule has 0 saturated heterocycles. The third-order valence-corrected chi connectivity index (χ3v) is 5.83. The van der Waals surface area contributed by atoms with Crippen LogP contribution in [0, 0.1) is 25.2 Å². The second kappa shape index (κ2) is 9.12. The molecule has 0 saturated carbocycles. The first kappa shape index (κ1) is 22.0. The zero-order chi connectivity index (χ0) is 23.5. The standard InChI is InChI=1S/C24H25N5O4/c1-15-16(2)29(12-17-7-6-10-32-17)23(18(15)11-25)27-22(30)14-28-13-21(24(31)26-3)33-20-9-5-4-8-19(20)28/h4-10,21H,12-14H2,1-3H3,(H,26,31)(H,27,30)/t21-/m1/s1. The number of rotatable bonds is 6. The van der Waals surface area contributed by atoms with Crippen LogP contribution in [-0.4, -0.2) is 42.6 Å². The van der Waals surface area contributed by atoms with E-state index < -0.39 is 6.10 Å². The van der Waals surface area contributed by atoms with Crippen molar-refractivity contribution >= 4 is 23.3 Å². The maximum atomic E-state index is 13.1. The Morgan fingerprint density at radius 3 is 2.70 bits per heavy atom. The molecule has 0 unspecified atom stereocenters. The zero-order valence-corrected chi connectivity index (χ0v) is 18.7. The van der Waals surface area contributed by atoms with E-state index in [1.54, 1.807) is 30.3 Å². The molecular weight excluding hydrogens is 422 g/mol. The Hall–Kier alpha value is -4.19. The molecule has 4 rings (SSSR count). The van der Waals surface area contributed by atoms with Crippen LogP contribution in [0.15, 0.2) is 47.1 Å². The van der Waals surface area contributed by atoms with Crippen LogP contribution < -0.4 is 20.3 Å². The Labute approximate surface area is 191 Å². The fourth-order valence-electron chi connectivity index (χ4n) is 3.99. The van der Waals surface area contributed by atoms with Crippen LogP contribution in [0.3, 0.4) is 0 Å². The molecule has 9 heteroatoms. The Balaban J connectivity index is 1.60. The highest BCUT2D eigenvalue weighted by atomic mass is 16.5. The van der Waals surface area contributed by atoms with Crippen molar-refractivity contribution in [2.45, 2.75) is 26.5 Å². The van der Waals surface area contributed by atoms with Gasteiger partial charge >= 0.3 is 0 Å². The molecule has 170 valence electrons. The number of carbonyl (C=O) groups excluding carboxylic acids is 2. The van der Waals surface area contributed by atoms with Crippen LogP contribution in [0.2, 0.25) is 0 Å². The Kier molecular flexibility index (Phi) is 6.09. The second-order valence-electron chi connectivity index (χ2n) is 7.83. The van der Waals surface area contributed by atoms with Gasteiger partial charge in [-0.25, -0.2) is 0 Å². The second-order valence-corrected chi connectivity index (χ2v) is 7.83. The summed E-state index contributed by atoms with van der Waals surface area (Å²) >= 11 is 0. The first-order valence-electron chi connectivity index (χ1n) is 10.6. The molecule has 0 spiro atoms. The fraction of sp³-hybridized carbons (Fsp3) is 0.292. The van der Waals surface area contributed by atoms with Gasteiger partial charge in [0.25, 0.3) is 5.91 Å². The number of fused-ring (bicyclic) bond motifs is 1. The molecule has 2 N–H and O–H groups in total. The van der Waals surface area contributed by atoms with Gasteiger partial charge < -0.3 is 29.3 Å². The van der Waals surface area contributed by atoms with Gasteiger partial charge in [0, 0.05) is 12.7 Å². The number of nitriles is 1. The van der Waals surface area contributed by atoms with Crippen LogP contribution in [0.4, 0.5) is 11.5 Å². The van der Waals surface area contributed by atoms with Crippen molar-refractivity contribution in [1.29, 1.82) is 5.26 Å². The molecule has 0 bridgehead atoms. The van der Waals surface area contributed by atoms with Gasteiger partial charge in [0.2, 0.25) is 5.91 Å². The van der Waals surface area contributed by atoms with Gasteiger partial charge in [0.15, 0.2) is 6.10 Å². The van der Waals surface area contributed by atoms with Gasteiger partial charge in [0.1, 0.15) is 23.4 Å². The highest BCUT2D eigenvalue weighted by Crippen LogP contribution is 2.33. The molecule has 33 heavy (non-hydrogen) atoms. The number of hydrogen-bond donors (Lipinski definition) is 2. The van der Waals surface area contributed by atoms with E-state index in [0.29, 0.717) is 29.4 Å². The monoisotopic (exact) mass is 447 g/mol. The molecule has 1 aliphatic heterocycles. The molecule has 9 nitrogen and oxygen atoms in total. The number of carbonyl (C=O) groups is 2. The lowest BCUT2D eigenvalue weighted by molar-refractivity contribution is -0.127. The van der Waals surface area contributed by atoms with Gasteiger partial charge in [0.05, 0.1) is 37.1 Å². The summed E-state index contributed by atoms with van der Waals surface area (Å²) < 4.78 is 13.1. The number of anilines is 2. The third kappa shape index (κ3) is 4.28. The number of aromatic nitrogens is 1. The van der Waals surface area contributed by atoms with E-state index in [0.717, 1.165) is 16.9 Å². The lowest BCUT2D eigenvalue weighted by Crippen LogP contribution is -2.50. The maximum absolute atomic E-state index is 13.1.